The molecule has 0 radical (unpaired) electrons. The number of rotatable bonds is 2. The van der Waals surface area contributed by atoms with Crippen LogP contribution in [0.5, 0.6) is 0 Å². The molecule has 0 amide bonds. The summed E-state index contributed by atoms with van der Waals surface area (Å²) in [6.07, 6.45) is 0.893. The molecule has 0 saturated heterocycles. The van der Waals surface area contributed by atoms with Crippen molar-refractivity contribution in [1.29, 1.82) is 0 Å². The van der Waals surface area contributed by atoms with Crippen LogP contribution in [0.25, 0.3) is 16.9 Å². The molecule has 1 aromatic heterocycles. The van der Waals surface area contributed by atoms with Crippen LogP contribution in [-0.4, -0.2) is 28.3 Å². The normalized spacial score (nSPS) is 14.6. The number of fused-ring (bicyclic) bond motifs is 1. The maximum Gasteiger partial charge on any atom is 0.125 e. The zero-order valence-electron chi connectivity index (χ0n) is 13.5. The number of likely N-dealkylation sites (N-methyl/N-ethyl adjacent to an activating group) is 1. The average Bonchev–Trinajstić information content (AvgIpc) is 2.94. The molecule has 4 rings (SSSR count). The van der Waals surface area contributed by atoms with Gasteiger partial charge in [0.15, 0.2) is 0 Å². The summed E-state index contributed by atoms with van der Waals surface area (Å²) < 4.78 is 15.5. The summed E-state index contributed by atoms with van der Waals surface area (Å²) in [4.78, 5) is 2.28. The van der Waals surface area contributed by atoms with Crippen molar-refractivity contribution in [3.63, 3.8) is 0 Å². The molecule has 2 aromatic carbocycles. The van der Waals surface area contributed by atoms with Gasteiger partial charge >= 0.3 is 0 Å². The number of aromatic nitrogens is 2. The Hall–Kier alpha value is -2.66. The fourth-order valence-corrected chi connectivity index (χ4v) is 3.25. The first-order chi connectivity index (χ1) is 11.6. The molecule has 0 unspecified atom stereocenters. The van der Waals surface area contributed by atoms with Gasteiger partial charge in [-0.1, -0.05) is 18.2 Å². The van der Waals surface area contributed by atoms with E-state index in [2.05, 4.69) is 11.9 Å². The van der Waals surface area contributed by atoms with E-state index in [4.69, 9.17) is 10.8 Å². The van der Waals surface area contributed by atoms with Crippen LogP contribution in [0, 0.1) is 5.82 Å². The Bertz CT molecular complexity index is 883. The lowest BCUT2D eigenvalue weighted by Gasteiger charge is -2.23. The molecule has 1 aliphatic heterocycles. The summed E-state index contributed by atoms with van der Waals surface area (Å²) in [5, 5.41) is 4.82. The Morgan fingerprint density at radius 2 is 1.92 bits per heavy atom. The summed E-state index contributed by atoms with van der Waals surface area (Å²) >= 11 is 0. The largest absolute Gasteiger partial charge is 0.399 e. The number of nitrogens with two attached hydrogens (primary N) is 1. The van der Waals surface area contributed by atoms with Crippen molar-refractivity contribution in [3.05, 3.63) is 65.6 Å². The molecule has 24 heavy (non-hydrogen) atoms. The van der Waals surface area contributed by atoms with Crippen LogP contribution in [0.4, 0.5) is 10.1 Å². The molecule has 0 atom stereocenters. The van der Waals surface area contributed by atoms with E-state index in [1.54, 1.807) is 6.07 Å². The molecule has 5 heteroatoms. The summed E-state index contributed by atoms with van der Waals surface area (Å²) in [7, 11) is 2.11. The lowest BCUT2D eigenvalue weighted by Crippen LogP contribution is -2.27. The highest BCUT2D eigenvalue weighted by atomic mass is 19.1. The van der Waals surface area contributed by atoms with Crippen molar-refractivity contribution in [2.45, 2.75) is 13.0 Å². The summed E-state index contributed by atoms with van der Waals surface area (Å²) in [5.74, 6) is -0.251. The van der Waals surface area contributed by atoms with E-state index < -0.39 is 0 Å². The van der Waals surface area contributed by atoms with E-state index in [1.165, 1.54) is 17.7 Å². The zero-order chi connectivity index (χ0) is 16.7. The SMILES string of the molecule is CN1CCc2c(c(-c3ccc(N)cc3)nn2-c2cccc(F)c2)C1. The van der Waals surface area contributed by atoms with Crippen LogP contribution in [0.2, 0.25) is 0 Å². The van der Waals surface area contributed by atoms with Gasteiger partial charge in [-0.3, -0.25) is 0 Å². The monoisotopic (exact) mass is 322 g/mol. The molecule has 122 valence electrons. The fraction of sp³-hybridized carbons (Fsp3) is 0.211. The minimum Gasteiger partial charge on any atom is -0.399 e. The van der Waals surface area contributed by atoms with Crippen molar-refractivity contribution < 1.29 is 4.39 Å². The molecule has 2 N–H and O–H groups in total. The molecule has 0 bridgehead atoms. The number of halogens is 1. The van der Waals surface area contributed by atoms with Gasteiger partial charge in [-0.2, -0.15) is 5.10 Å². The molecule has 0 saturated carbocycles. The van der Waals surface area contributed by atoms with E-state index in [0.717, 1.165) is 47.8 Å². The second-order valence-corrected chi connectivity index (χ2v) is 6.28. The molecule has 1 aliphatic rings. The van der Waals surface area contributed by atoms with Crippen molar-refractivity contribution >= 4 is 5.69 Å². The van der Waals surface area contributed by atoms with Gasteiger partial charge in [0.1, 0.15) is 5.82 Å². The second kappa shape index (κ2) is 5.76. The fourth-order valence-electron chi connectivity index (χ4n) is 3.25. The minimum absolute atomic E-state index is 0.251. The van der Waals surface area contributed by atoms with E-state index in [1.807, 2.05) is 35.0 Å². The van der Waals surface area contributed by atoms with Crippen LogP contribution in [0.1, 0.15) is 11.3 Å². The Labute approximate surface area is 140 Å². The predicted molar refractivity (Wildman–Crippen MR) is 93.4 cm³/mol. The highest BCUT2D eigenvalue weighted by molar-refractivity contribution is 5.67. The van der Waals surface area contributed by atoms with Gasteiger partial charge in [0.25, 0.3) is 0 Å². The quantitative estimate of drug-likeness (QED) is 0.737. The van der Waals surface area contributed by atoms with Crippen LogP contribution < -0.4 is 5.73 Å². The van der Waals surface area contributed by atoms with E-state index in [9.17, 15) is 4.39 Å². The van der Waals surface area contributed by atoms with Crippen LogP contribution >= 0.6 is 0 Å². The maximum absolute atomic E-state index is 13.7. The first kappa shape index (κ1) is 14.9. The number of nitrogens with zero attached hydrogens (tertiary/aromatic N) is 3. The van der Waals surface area contributed by atoms with Crippen molar-refractivity contribution in [1.82, 2.24) is 14.7 Å². The molecule has 4 nitrogen and oxygen atoms in total. The maximum atomic E-state index is 13.7. The highest BCUT2D eigenvalue weighted by Crippen LogP contribution is 2.31. The molecule has 0 aliphatic carbocycles. The Balaban J connectivity index is 1.90. The summed E-state index contributed by atoms with van der Waals surface area (Å²) in [6, 6.07) is 14.3. The van der Waals surface area contributed by atoms with Gasteiger partial charge in [-0.25, -0.2) is 9.07 Å². The van der Waals surface area contributed by atoms with Gasteiger partial charge in [0, 0.05) is 36.3 Å². The average molecular weight is 322 g/mol. The van der Waals surface area contributed by atoms with E-state index in [0.29, 0.717) is 0 Å². The van der Waals surface area contributed by atoms with Gasteiger partial charge in [0.2, 0.25) is 0 Å². The van der Waals surface area contributed by atoms with E-state index in [-0.39, 0.29) is 5.82 Å². The lowest BCUT2D eigenvalue weighted by atomic mass is 10.0. The topological polar surface area (TPSA) is 47.1 Å². The number of anilines is 1. The zero-order valence-corrected chi connectivity index (χ0v) is 13.5. The van der Waals surface area contributed by atoms with E-state index >= 15 is 0 Å². The summed E-state index contributed by atoms with van der Waals surface area (Å²) in [6.45, 7) is 1.81. The lowest BCUT2D eigenvalue weighted by molar-refractivity contribution is 0.310. The van der Waals surface area contributed by atoms with Crippen molar-refractivity contribution in [3.8, 4) is 16.9 Å². The molecular weight excluding hydrogens is 303 g/mol. The smallest absolute Gasteiger partial charge is 0.125 e. The molecule has 0 spiro atoms. The van der Waals surface area contributed by atoms with Crippen LogP contribution in [0.3, 0.4) is 0 Å². The van der Waals surface area contributed by atoms with Crippen molar-refractivity contribution in [2.75, 3.05) is 19.3 Å². The van der Waals surface area contributed by atoms with Gasteiger partial charge in [0.05, 0.1) is 17.1 Å². The Kier molecular flexibility index (Phi) is 3.58. The second-order valence-electron chi connectivity index (χ2n) is 6.28. The Morgan fingerprint density at radius 3 is 2.67 bits per heavy atom. The first-order valence-electron chi connectivity index (χ1n) is 8.03. The molecule has 3 aromatic rings. The molecular formula is C19H19FN4. The van der Waals surface area contributed by atoms with Gasteiger partial charge < -0.3 is 10.6 Å². The number of hydrogen-bond acceptors (Lipinski definition) is 3. The third kappa shape index (κ3) is 2.57. The van der Waals surface area contributed by atoms with Gasteiger partial charge in [-0.05, 0) is 37.4 Å². The van der Waals surface area contributed by atoms with Crippen LogP contribution in [0.15, 0.2) is 48.5 Å². The Morgan fingerprint density at radius 1 is 1.12 bits per heavy atom. The standard InChI is InChI=1S/C19H19FN4/c1-23-10-9-18-17(12-23)19(13-5-7-15(21)8-6-13)22-24(18)16-4-2-3-14(20)11-16/h2-8,11H,9-10,12,21H2,1H3. The highest BCUT2D eigenvalue weighted by Gasteiger charge is 2.24. The number of benzene rings is 2. The summed E-state index contributed by atoms with van der Waals surface area (Å²) in [5.41, 5.74) is 11.6. The third-order valence-corrected chi connectivity index (χ3v) is 4.49. The van der Waals surface area contributed by atoms with Gasteiger partial charge in [-0.15, -0.1) is 0 Å². The van der Waals surface area contributed by atoms with Crippen molar-refractivity contribution in [2.24, 2.45) is 0 Å². The molecule has 0 fully saturated rings. The number of nitrogen functional groups attached to an aromatic ring is 1. The predicted octanol–water partition coefficient (Wildman–Crippen LogP) is 3.25. The first-order valence-corrected chi connectivity index (χ1v) is 8.03. The third-order valence-electron chi connectivity index (χ3n) is 4.49. The number of hydrogen-bond donors (Lipinski definition) is 1. The molecule has 2 heterocycles. The minimum atomic E-state index is -0.251. The van der Waals surface area contributed by atoms with Crippen LogP contribution in [-0.2, 0) is 13.0 Å².